The highest BCUT2D eigenvalue weighted by atomic mass is 16.6. The summed E-state index contributed by atoms with van der Waals surface area (Å²) in [6.45, 7) is 4.09. The first-order valence-electron chi connectivity index (χ1n) is 11.5. The summed E-state index contributed by atoms with van der Waals surface area (Å²) < 4.78 is 16.8. The molecule has 32 heavy (non-hydrogen) atoms. The van der Waals surface area contributed by atoms with Gasteiger partial charge in [0.15, 0.2) is 17.6 Å². The van der Waals surface area contributed by atoms with Gasteiger partial charge in [-0.2, -0.15) is 0 Å². The maximum Gasteiger partial charge on any atom is 0.312 e. The van der Waals surface area contributed by atoms with Gasteiger partial charge in [0.05, 0.1) is 5.41 Å². The zero-order chi connectivity index (χ0) is 22.5. The Morgan fingerprint density at radius 3 is 2.44 bits per heavy atom. The monoisotopic (exact) mass is 442 g/mol. The highest BCUT2D eigenvalue weighted by Crippen LogP contribution is 2.62. The number of ether oxygens (including phenoxy) is 3. The van der Waals surface area contributed by atoms with Gasteiger partial charge in [-0.15, -0.1) is 0 Å². The first kappa shape index (κ1) is 21.1. The Hall–Kier alpha value is -2.77. The summed E-state index contributed by atoms with van der Waals surface area (Å²) >= 11 is 0. The molecule has 1 aromatic rings. The van der Waals surface area contributed by atoms with Crippen LogP contribution in [0.4, 0.5) is 5.69 Å². The normalized spacial score (nSPS) is 32.7. The van der Waals surface area contributed by atoms with Gasteiger partial charge in [-0.05, 0) is 69.4 Å². The molecule has 4 saturated carbocycles. The van der Waals surface area contributed by atoms with Gasteiger partial charge in [0.1, 0.15) is 13.2 Å². The number of carbonyl (C=O) groups is 3. The van der Waals surface area contributed by atoms with Crippen LogP contribution < -0.4 is 20.1 Å². The number of rotatable bonds is 5. The Morgan fingerprint density at radius 2 is 1.75 bits per heavy atom. The molecule has 1 aromatic carbocycles. The Balaban J connectivity index is 1.25. The van der Waals surface area contributed by atoms with Gasteiger partial charge in [-0.1, -0.05) is 0 Å². The van der Waals surface area contributed by atoms with E-state index >= 15 is 0 Å². The van der Waals surface area contributed by atoms with E-state index in [1.165, 1.54) is 6.92 Å². The molecule has 8 nitrogen and oxygen atoms in total. The average molecular weight is 443 g/mol. The minimum absolute atomic E-state index is 0.0531. The Labute approximate surface area is 187 Å². The quantitative estimate of drug-likeness (QED) is 0.680. The fourth-order valence-electron chi connectivity index (χ4n) is 6.73. The maximum absolute atomic E-state index is 13.3. The van der Waals surface area contributed by atoms with Gasteiger partial charge in [0, 0.05) is 24.2 Å². The molecule has 4 fully saturated rings. The Bertz CT molecular complexity index is 946. The molecule has 0 radical (unpaired) electrons. The number of esters is 1. The molecule has 0 aromatic heterocycles. The van der Waals surface area contributed by atoms with Crippen molar-refractivity contribution < 1.29 is 28.6 Å². The van der Waals surface area contributed by atoms with Gasteiger partial charge in [-0.25, -0.2) is 0 Å². The second-order valence-electron chi connectivity index (χ2n) is 10.1. The van der Waals surface area contributed by atoms with Crippen molar-refractivity contribution in [3.05, 3.63) is 18.2 Å². The van der Waals surface area contributed by atoms with Crippen molar-refractivity contribution in [3.63, 3.8) is 0 Å². The summed E-state index contributed by atoms with van der Waals surface area (Å²) in [5.41, 5.74) is -0.370. The van der Waals surface area contributed by atoms with Gasteiger partial charge in [-0.3, -0.25) is 14.4 Å². The SMILES string of the molecule is CC(=O)NC12C[C@H]3C[C@@H](C1)CC(C(=O)O[C@@H](C)C(=O)Nc1ccc4c(c1)OCCO4)(C3)C2. The fraction of sp³-hybridized carbons (Fsp3) is 0.625. The van der Waals surface area contributed by atoms with Crippen LogP contribution in [0.15, 0.2) is 18.2 Å². The van der Waals surface area contributed by atoms with E-state index in [1.54, 1.807) is 25.1 Å². The number of hydrogen-bond acceptors (Lipinski definition) is 6. The van der Waals surface area contributed by atoms with Gasteiger partial charge >= 0.3 is 5.97 Å². The average Bonchev–Trinajstić information content (AvgIpc) is 2.71. The molecular formula is C24H30N2O6. The van der Waals surface area contributed by atoms with Crippen molar-refractivity contribution in [1.82, 2.24) is 5.32 Å². The van der Waals surface area contributed by atoms with E-state index in [0.29, 0.717) is 48.7 Å². The van der Waals surface area contributed by atoms with Crippen LogP contribution in [0.5, 0.6) is 11.5 Å². The summed E-state index contributed by atoms with van der Waals surface area (Å²) in [5, 5.41) is 5.95. The number of hydrogen-bond donors (Lipinski definition) is 2. The van der Waals surface area contributed by atoms with Gasteiger partial charge < -0.3 is 24.8 Å². The Kier molecular flexibility index (Phi) is 5.06. The van der Waals surface area contributed by atoms with E-state index in [1.807, 2.05) is 0 Å². The molecule has 1 heterocycles. The van der Waals surface area contributed by atoms with Crippen LogP contribution >= 0.6 is 0 Å². The fourth-order valence-corrected chi connectivity index (χ4v) is 6.73. The molecule has 5 atom stereocenters. The van der Waals surface area contributed by atoms with Crippen molar-refractivity contribution in [2.24, 2.45) is 17.3 Å². The number of amides is 2. The number of anilines is 1. The van der Waals surface area contributed by atoms with Crippen LogP contribution in [0.1, 0.15) is 52.4 Å². The first-order valence-corrected chi connectivity index (χ1v) is 11.5. The number of carbonyl (C=O) groups excluding carboxylic acids is 3. The third kappa shape index (κ3) is 3.80. The predicted molar refractivity (Wildman–Crippen MR) is 115 cm³/mol. The lowest BCUT2D eigenvalue weighted by Gasteiger charge is -2.60. The molecular weight excluding hydrogens is 412 g/mol. The molecule has 6 rings (SSSR count). The molecule has 0 spiro atoms. The van der Waals surface area contributed by atoms with Crippen LogP contribution in [0, 0.1) is 17.3 Å². The van der Waals surface area contributed by atoms with Crippen LogP contribution in [0.2, 0.25) is 0 Å². The number of benzene rings is 1. The molecule has 1 aliphatic heterocycles. The van der Waals surface area contributed by atoms with E-state index < -0.39 is 17.4 Å². The molecule has 0 saturated heterocycles. The van der Waals surface area contributed by atoms with Crippen LogP contribution in [0.25, 0.3) is 0 Å². The van der Waals surface area contributed by atoms with Gasteiger partial charge in [0.2, 0.25) is 5.91 Å². The molecule has 4 bridgehead atoms. The lowest BCUT2D eigenvalue weighted by atomic mass is 9.47. The highest BCUT2D eigenvalue weighted by molar-refractivity contribution is 5.95. The second kappa shape index (κ2) is 7.67. The van der Waals surface area contributed by atoms with Crippen molar-refractivity contribution in [3.8, 4) is 11.5 Å². The smallest absolute Gasteiger partial charge is 0.312 e. The largest absolute Gasteiger partial charge is 0.486 e. The van der Waals surface area contributed by atoms with E-state index in [0.717, 1.165) is 32.1 Å². The highest BCUT2D eigenvalue weighted by Gasteiger charge is 2.61. The van der Waals surface area contributed by atoms with Crippen molar-refractivity contribution in [2.75, 3.05) is 18.5 Å². The minimum Gasteiger partial charge on any atom is -0.486 e. The van der Waals surface area contributed by atoms with Crippen LogP contribution in [-0.2, 0) is 19.1 Å². The maximum atomic E-state index is 13.3. The molecule has 2 amide bonds. The minimum atomic E-state index is -0.930. The first-order chi connectivity index (χ1) is 15.3. The molecule has 5 aliphatic rings. The Morgan fingerprint density at radius 1 is 1.06 bits per heavy atom. The molecule has 4 aliphatic carbocycles. The van der Waals surface area contributed by atoms with E-state index in [-0.39, 0.29) is 17.4 Å². The summed E-state index contributed by atoms with van der Waals surface area (Å²) in [6.07, 6.45) is 4.19. The predicted octanol–water partition coefficient (Wildman–Crippen LogP) is 2.80. The summed E-state index contributed by atoms with van der Waals surface area (Å²) in [4.78, 5) is 37.9. The second-order valence-corrected chi connectivity index (χ2v) is 10.1. The lowest BCUT2D eigenvalue weighted by molar-refractivity contribution is -0.181. The summed E-state index contributed by atoms with van der Waals surface area (Å²) in [7, 11) is 0. The third-order valence-corrected chi connectivity index (χ3v) is 7.40. The lowest BCUT2D eigenvalue weighted by Crippen LogP contribution is -2.65. The van der Waals surface area contributed by atoms with Gasteiger partial charge in [0.25, 0.3) is 5.91 Å². The molecule has 2 N–H and O–H groups in total. The van der Waals surface area contributed by atoms with Crippen molar-refractivity contribution >= 4 is 23.5 Å². The summed E-state index contributed by atoms with van der Waals surface area (Å²) in [6, 6.07) is 5.19. The van der Waals surface area contributed by atoms with E-state index in [2.05, 4.69) is 10.6 Å². The van der Waals surface area contributed by atoms with Crippen LogP contribution in [0.3, 0.4) is 0 Å². The zero-order valence-corrected chi connectivity index (χ0v) is 18.6. The van der Waals surface area contributed by atoms with Crippen LogP contribution in [-0.4, -0.2) is 42.6 Å². The zero-order valence-electron chi connectivity index (χ0n) is 18.6. The molecule has 172 valence electrons. The molecule has 8 heteroatoms. The van der Waals surface area contributed by atoms with Crippen molar-refractivity contribution in [2.45, 2.75) is 64.0 Å². The number of fused-ring (bicyclic) bond motifs is 1. The van der Waals surface area contributed by atoms with Crippen molar-refractivity contribution in [1.29, 1.82) is 0 Å². The third-order valence-electron chi connectivity index (χ3n) is 7.40. The molecule has 2 unspecified atom stereocenters. The topological polar surface area (TPSA) is 103 Å². The summed E-state index contributed by atoms with van der Waals surface area (Å²) in [5.74, 6) is 1.29. The van der Waals surface area contributed by atoms with E-state index in [4.69, 9.17) is 14.2 Å². The standard InChI is InChI=1S/C24H30N2O6/c1-14(21(28)25-18-3-4-19-20(8-18)31-6-5-30-19)32-22(29)23-9-16-7-17(10-23)12-24(11-16,13-23)26-15(2)27/h3-4,8,14,16-17H,5-7,9-13H2,1-2H3,(H,25,28)(H,26,27)/t14-,16-,17+,23?,24?/m0/s1. The van der Waals surface area contributed by atoms with E-state index in [9.17, 15) is 14.4 Å². The number of nitrogens with one attached hydrogen (secondary N) is 2.